The zero-order valence-corrected chi connectivity index (χ0v) is 7.88. The lowest BCUT2D eigenvalue weighted by Gasteiger charge is -1.96. The van der Waals surface area contributed by atoms with E-state index in [4.69, 9.17) is 15.9 Å². The van der Waals surface area contributed by atoms with Crippen LogP contribution >= 0.6 is 0 Å². The lowest BCUT2D eigenvalue weighted by Crippen LogP contribution is -2.00. The molecule has 3 heterocycles. The van der Waals surface area contributed by atoms with E-state index in [9.17, 15) is 0 Å². The topological polar surface area (TPSA) is 145 Å². The van der Waals surface area contributed by atoms with Crippen molar-refractivity contribution in [2.75, 3.05) is 11.5 Å². The van der Waals surface area contributed by atoms with Crippen LogP contribution in [0.15, 0.2) is 10.8 Å². The molecule has 0 spiro atoms. The van der Waals surface area contributed by atoms with Crippen molar-refractivity contribution in [3.63, 3.8) is 0 Å². The third kappa shape index (κ3) is 1.08. The molecule has 0 saturated heterocycles. The summed E-state index contributed by atoms with van der Waals surface area (Å²) in [5.41, 5.74) is 12.0. The van der Waals surface area contributed by atoms with Crippen LogP contribution in [0, 0.1) is 0 Å². The molecule has 0 amide bonds. The summed E-state index contributed by atoms with van der Waals surface area (Å²) in [5.74, 6) is 0.542. The van der Waals surface area contributed by atoms with Crippen LogP contribution in [-0.2, 0) is 0 Å². The summed E-state index contributed by atoms with van der Waals surface area (Å²) < 4.78 is 5.04. The highest BCUT2D eigenvalue weighted by atomic mass is 16.4. The molecule has 80 valence electrons. The third-order valence-corrected chi connectivity index (χ3v) is 2.03. The summed E-state index contributed by atoms with van der Waals surface area (Å²) in [6, 6.07) is 0. The quantitative estimate of drug-likeness (QED) is 0.498. The molecule has 9 nitrogen and oxygen atoms in total. The second-order valence-electron chi connectivity index (χ2n) is 3.01. The van der Waals surface area contributed by atoms with Gasteiger partial charge in [-0.25, -0.2) is 0 Å². The molecule has 0 atom stereocenters. The fourth-order valence-corrected chi connectivity index (χ4v) is 1.41. The maximum Gasteiger partial charge on any atom is 0.266 e. The summed E-state index contributed by atoms with van der Waals surface area (Å²) >= 11 is 0. The molecule has 0 aliphatic carbocycles. The van der Waals surface area contributed by atoms with Gasteiger partial charge < -0.3 is 15.9 Å². The minimum Gasteiger partial charge on any atom is -0.422 e. The fourth-order valence-electron chi connectivity index (χ4n) is 1.41. The van der Waals surface area contributed by atoms with Crippen molar-refractivity contribution in [2.24, 2.45) is 0 Å². The zero-order chi connectivity index (χ0) is 11.1. The minimum atomic E-state index is 0.0635. The van der Waals surface area contributed by atoms with E-state index in [0.717, 1.165) is 0 Å². The Hall–Kier alpha value is -2.71. The molecule has 0 aromatic carbocycles. The van der Waals surface area contributed by atoms with Crippen molar-refractivity contribution in [3.05, 3.63) is 6.39 Å². The summed E-state index contributed by atoms with van der Waals surface area (Å²) in [6.45, 7) is 0. The molecule has 0 fully saturated rings. The van der Waals surface area contributed by atoms with Gasteiger partial charge in [0.05, 0.1) is 5.39 Å². The number of aromatic amines is 1. The lowest BCUT2D eigenvalue weighted by atomic mass is 10.3. The normalized spacial score (nSPS) is 11.0. The number of aromatic nitrogens is 6. The summed E-state index contributed by atoms with van der Waals surface area (Å²) in [7, 11) is 0. The van der Waals surface area contributed by atoms with Crippen LogP contribution in [0.2, 0.25) is 0 Å². The largest absolute Gasteiger partial charge is 0.422 e. The molecule has 5 N–H and O–H groups in total. The van der Waals surface area contributed by atoms with E-state index in [2.05, 4.69) is 30.4 Å². The first-order valence-electron chi connectivity index (χ1n) is 4.29. The zero-order valence-electron chi connectivity index (χ0n) is 7.88. The summed E-state index contributed by atoms with van der Waals surface area (Å²) in [6.07, 6.45) is 1.20. The molecule has 0 aliphatic heterocycles. The first-order valence-corrected chi connectivity index (χ1v) is 4.29. The van der Waals surface area contributed by atoms with Crippen molar-refractivity contribution < 1.29 is 4.42 Å². The van der Waals surface area contributed by atoms with Gasteiger partial charge in [-0.2, -0.15) is 15.1 Å². The summed E-state index contributed by atoms with van der Waals surface area (Å²) in [4.78, 5) is 7.76. The maximum absolute atomic E-state index is 5.73. The van der Waals surface area contributed by atoms with E-state index >= 15 is 0 Å². The molecule has 0 aliphatic rings. The van der Waals surface area contributed by atoms with Crippen LogP contribution in [0.4, 0.5) is 11.8 Å². The summed E-state index contributed by atoms with van der Waals surface area (Å²) in [5, 5.41) is 14.4. The Balaban J connectivity index is 2.36. The highest BCUT2D eigenvalue weighted by Gasteiger charge is 2.16. The Morgan fingerprint density at radius 2 is 2.12 bits per heavy atom. The number of rotatable bonds is 1. The minimum absolute atomic E-state index is 0.0635. The first-order chi connectivity index (χ1) is 7.75. The van der Waals surface area contributed by atoms with Crippen LogP contribution in [0.3, 0.4) is 0 Å². The predicted molar refractivity (Wildman–Crippen MR) is 53.8 cm³/mol. The molecule has 0 bridgehead atoms. The number of nitrogens with one attached hydrogen (secondary N) is 1. The van der Waals surface area contributed by atoms with E-state index in [-0.39, 0.29) is 17.7 Å². The van der Waals surface area contributed by atoms with E-state index < -0.39 is 0 Å². The number of H-pyrrole nitrogens is 1. The van der Waals surface area contributed by atoms with Gasteiger partial charge in [0, 0.05) is 0 Å². The predicted octanol–water partition coefficient (Wildman–Crippen LogP) is -0.433. The molecule has 0 radical (unpaired) electrons. The third-order valence-electron chi connectivity index (χ3n) is 2.03. The number of nitrogens with zero attached hydrogens (tertiary/aromatic N) is 5. The monoisotopic (exact) mass is 218 g/mol. The molecular weight excluding hydrogens is 212 g/mol. The molecule has 0 saturated carbocycles. The Labute approximate surface area is 87.9 Å². The average Bonchev–Trinajstić information content (AvgIpc) is 2.82. The molecule has 3 aromatic heterocycles. The second-order valence-corrected chi connectivity index (χ2v) is 3.01. The molecule has 16 heavy (non-hydrogen) atoms. The lowest BCUT2D eigenvalue weighted by molar-refractivity contribution is 0.566. The van der Waals surface area contributed by atoms with Gasteiger partial charge in [0.1, 0.15) is 11.5 Å². The SMILES string of the molecule is Nc1nc(N)c2c(-c3nnco3)[nH]nc2n1. The highest BCUT2D eigenvalue weighted by Crippen LogP contribution is 2.27. The van der Waals surface area contributed by atoms with Crippen molar-refractivity contribution in [1.82, 2.24) is 30.4 Å². The molecule has 9 heteroatoms. The standard InChI is InChI=1S/C7H6N8O/c8-4-2-3(6-15-10-1-16-6)13-14-5(2)12-7(9)11-4/h1H,(H5,8,9,11,12,13,14). The van der Waals surface area contributed by atoms with E-state index in [1.54, 1.807) is 0 Å². The maximum atomic E-state index is 5.73. The number of hydrogen-bond donors (Lipinski definition) is 3. The van der Waals surface area contributed by atoms with Crippen LogP contribution in [0.1, 0.15) is 0 Å². The molecule has 3 aromatic rings. The number of nitrogens with two attached hydrogens (primary N) is 2. The molecule has 3 rings (SSSR count). The van der Waals surface area contributed by atoms with E-state index in [1.165, 1.54) is 6.39 Å². The number of anilines is 2. The van der Waals surface area contributed by atoms with Gasteiger partial charge in [0.2, 0.25) is 12.3 Å². The number of nitrogen functional groups attached to an aromatic ring is 2. The van der Waals surface area contributed by atoms with Crippen molar-refractivity contribution in [3.8, 4) is 11.6 Å². The van der Waals surface area contributed by atoms with E-state index in [1.807, 2.05) is 0 Å². The second kappa shape index (κ2) is 2.89. The average molecular weight is 218 g/mol. The van der Waals surface area contributed by atoms with Gasteiger partial charge in [-0.3, -0.25) is 5.10 Å². The Morgan fingerprint density at radius 1 is 1.25 bits per heavy atom. The van der Waals surface area contributed by atoms with Gasteiger partial charge >= 0.3 is 0 Å². The smallest absolute Gasteiger partial charge is 0.266 e. The van der Waals surface area contributed by atoms with Crippen LogP contribution in [0.25, 0.3) is 22.6 Å². The highest BCUT2D eigenvalue weighted by molar-refractivity contribution is 5.96. The van der Waals surface area contributed by atoms with Crippen LogP contribution < -0.4 is 11.5 Å². The Bertz CT molecular complexity index is 642. The van der Waals surface area contributed by atoms with Crippen LogP contribution in [0.5, 0.6) is 0 Å². The van der Waals surface area contributed by atoms with Gasteiger partial charge in [0.15, 0.2) is 5.65 Å². The van der Waals surface area contributed by atoms with Gasteiger partial charge in [-0.1, -0.05) is 0 Å². The van der Waals surface area contributed by atoms with Crippen molar-refractivity contribution in [2.45, 2.75) is 0 Å². The molecular formula is C7H6N8O. The van der Waals surface area contributed by atoms with Crippen molar-refractivity contribution >= 4 is 22.8 Å². The first kappa shape index (κ1) is 8.59. The number of fused-ring (bicyclic) bond motifs is 1. The number of hydrogen-bond acceptors (Lipinski definition) is 8. The van der Waals surface area contributed by atoms with Gasteiger partial charge in [0.25, 0.3) is 5.89 Å². The van der Waals surface area contributed by atoms with E-state index in [0.29, 0.717) is 16.7 Å². The van der Waals surface area contributed by atoms with Crippen molar-refractivity contribution in [1.29, 1.82) is 0 Å². The Kier molecular flexibility index (Phi) is 1.55. The van der Waals surface area contributed by atoms with Gasteiger partial charge in [-0.15, -0.1) is 10.2 Å². The Morgan fingerprint density at radius 3 is 2.88 bits per heavy atom. The van der Waals surface area contributed by atoms with Crippen LogP contribution in [-0.4, -0.2) is 30.4 Å². The molecule has 0 unspecified atom stereocenters. The fraction of sp³-hybridized carbons (Fsp3) is 0. The van der Waals surface area contributed by atoms with Gasteiger partial charge in [-0.05, 0) is 0 Å².